The van der Waals surface area contributed by atoms with Crippen molar-refractivity contribution < 1.29 is 9.32 Å². The molecule has 0 spiro atoms. The normalized spacial score (nSPS) is 24.3. The van der Waals surface area contributed by atoms with Crippen LogP contribution in [-0.2, 0) is 6.54 Å². The van der Waals surface area contributed by atoms with Crippen molar-refractivity contribution in [1.29, 1.82) is 0 Å². The summed E-state index contributed by atoms with van der Waals surface area (Å²) in [5.41, 5.74) is 2.44. The van der Waals surface area contributed by atoms with Gasteiger partial charge < -0.3 is 9.42 Å². The number of aryl methyl sites for hydroxylation is 2. The third kappa shape index (κ3) is 2.79. The van der Waals surface area contributed by atoms with Crippen LogP contribution in [0.2, 0.25) is 0 Å². The van der Waals surface area contributed by atoms with Gasteiger partial charge in [-0.25, -0.2) is 4.98 Å². The highest BCUT2D eigenvalue weighted by Gasteiger charge is 2.42. The van der Waals surface area contributed by atoms with Gasteiger partial charge in [-0.05, 0) is 25.7 Å². The number of aromatic nitrogens is 2. The van der Waals surface area contributed by atoms with E-state index in [0.717, 1.165) is 37.7 Å². The summed E-state index contributed by atoms with van der Waals surface area (Å²) in [5.74, 6) is 1.19. The predicted molar refractivity (Wildman–Crippen MR) is 86.3 cm³/mol. The molecule has 0 N–H and O–H groups in total. The van der Waals surface area contributed by atoms with Gasteiger partial charge >= 0.3 is 0 Å². The van der Waals surface area contributed by atoms with Crippen LogP contribution in [0.1, 0.15) is 26.8 Å². The first-order valence-electron chi connectivity index (χ1n) is 7.94. The molecule has 0 aliphatic carbocycles. The maximum Gasteiger partial charge on any atom is 0.259 e. The molecule has 0 bridgehead atoms. The summed E-state index contributed by atoms with van der Waals surface area (Å²) in [6.45, 7) is 8.55. The number of rotatable bonds is 3. The van der Waals surface area contributed by atoms with Crippen LogP contribution in [0.4, 0.5) is 0 Å². The van der Waals surface area contributed by atoms with Gasteiger partial charge in [0.25, 0.3) is 5.91 Å². The Balaban J connectivity index is 1.36. The van der Waals surface area contributed by atoms with Crippen LogP contribution in [0.3, 0.4) is 0 Å². The number of amides is 1. The molecule has 0 radical (unpaired) electrons. The summed E-state index contributed by atoms with van der Waals surface area (Å²) < 4.78 is 4.89. The molecule has 2 fully saturated rings. The molecule has 0 unspecified atom stereocenters. The molecule has 4 heterocycles. The molecule has 2 aromatic rings. The van der Waals surface area contributed by atoms with Gasteiger partial charge in [0, 0.05) is 38.1 Å². The van der Waals surface area contributed by atoms with Gasteiger partial charge in [0.1, 0.15) is 11.8 Å². The highest BCUT2D eigenvalue weighted by molar-refractivity contribution is 7.09. The third-order valence-corrected chi connectivity index (χ3v) is 5.70. The van der Waals surface area contributed by atoms with Crippen LogP contribution < -0.4 is 0 Å². The van der Waals surface area contributed by atoms with Crippen molar-refractivity contribution >= 4 is 17.2 Å². The minimum atomic E-state index is 0.0554. The number of carbonyl (C=O) groups is 1. The molecule has 122 valence electrons. The maximum atomic E-state index is 12.5. The van der Waals surface area contributed by atoms with Crippen LogP contribution in [-0.4, -0.2) is 52.0 Å². The molecule has 0 saturated carbocycles. The Kier molecular flexibility index (Phi) is 3.69. The van der Waals surface area contributed by atoms with Crippen LogP contribution in [0.5, 0.6) is 0 Å². The fourth-order valence-electron chi connectivity index (χ4n) is 3.76. The lowest BCUT2D eigenvalue weighted by Gasteiger charge is -2.20. The quantitative estimate of drug-likeness (QED) is 0.860. The number of carbonyl (C=O) groups excluding carboxylic acids is 1. The van der Waals surface area contributed by atoms with Gasteiger partial charge in [0.15, 0.2) is 0 Å². The van der Waals surface area contributed by atoms with E-state index in [2.05, 4.69) is 20.4 Å². The summed E-state index contributed by atoms with van der Waals surface area (Å²) in [6, 6.07) is 0. The van der Waals surface area contributed by atoms with E-state index in [9.17, 15) is 4.79 Å². The fraction of sp³-hybridized carbons (Fsp3) is 0.562. The largest absolute Gasteiger partial charge is 0.364 e. The Morgan fingerprint density at radius 3 is 2.61 bits per heavy atom. The monoisotopic (exact) mass is 332 g/mol. The number of nitrogens with zero attached hydrogens (tertiary/aromatic N) is 4. The molecule has 4 rings (SSSR count). The van der Waals surface area contributed by atoms with E-state index in [1.165, 1.54) is 12.0 Å². The lowest BCUT2D eigenvalue weighted by Crippen LogP contribution is -2.33. The third-order valence-electron chi connectivity index (χ3n) is 4.88. The smallest absolute Gasteiger partial charge is 0.259 e. The number of fused-ring (bicyclic) bond motifs is 1. The summed E-state index contributed by atoms with van der Waals surface area (Å²) in [7, 11) is 0. The van der Waals surface area contributed by atoms with Crippen LogP contribution in [0.15, 0.2) is 16.2 Å². The van der Waals surface area contributed by atoms with Crippen molar-refractivity contribution in [3.8, 4) is 0 Å². The Morgan fingerprint density at radius 2 is 2.04 bits per heavy atom. The fourth-order valence-corrected chi connectivity index (χ4v) is 4.37. The van der Waals surface area contributed by atoms with Crippen molar-refractivity contribution in [2.45, 2.75) is 20.4 Å². The van der Waals surface area contributed by atoms with E-state index in [1.807, 2.05) is 18.7 Å². The summed E-state index contributed by atoms with van der Waals surface area (Å²) in [5, 5.41) is 7.08. The van der Waals surface area contributed by atoms with Crippen molar-refractivity contribution in [1.82, 2.24) is 19.9 Å². The van der Waals surface area contributed by atoms with E-state index in [0.29, 0.717) is 23.1 Å². The second kappa shape index (κ2) is 5.72. The molecule has 2 aliphatic heterocycles. The molecule has 7 heteroatoms. The SMILES string of the molecule is Cc1nc(CN2C[C@@H]3CN(C(=O)c4conc4C)C[C@H]3C2)cs1. The topological polar surface area (TPSA) is 62.5 Å². The summed E-state index contributed by atoms with van der Waals surface area (Å²) >= 11 is 1.71. The molecule has 6 nitrogen and oxygen atoms in total. The van der Waals surface area contributed by atoms with Crippen molar-refractivity contribution in [3.63, 3.8) is 0 Å². The number of likely N-dealkylation sites (tertiary alicyclic amines) is 2. The summed E-state index contributed by atoms with van der Waals surface area (Å²) in [4.78, 5) is 21.5. The van der Waals surface area contributed by atoms with E-state index in [-0.39, 0.29) is 5.91 Å². The first-order valence-corrected chi connectivity index (χ1v) is 8.81. The standard InChI is InChI=1S/C16H20N4O2S/c1-10-15(8-22-18-10)16(21)20-5-12-3-19(4-13(12)6-20)7-14-9-23-11(2)17-14/h8-9,12-13H,3-7H2,1-2H3/t12-,13-/m1/s1. The van der Waals surface area contributed by atoms with E-state index in [1.54, 1.807) is 11.3 Å². The van der Waals surface area contributed by atoms with Crippen molar-refractivity contribution in [2.75, 3.05) is 26.2 Å². The van der Waals surface area contributed by atoms with Crippen LogP contribution in [0.25, 0.3) is 0 Å². The second-order valence-corrected chi connectivity index (χ2v) is 7.66. The average molecular weight is 332 g/mol. The Hall–Kier alpha value is -1.73. The lowest BCUT2D eigenvalue weighted by atomic mass is 10.0. The minimum Gasteiger partial charge on any atom is -0.364 e. The lowest BCUT2D eigenvalue weighted by molar-refractivity contribution is 0.0772. The minimum absolute atomic E-state index is 0.0554. The van der Waals surface area contributed by atoms with E-state index < -0.39 is 0 Å². The van der Waals surface area contributed by atoms with Gasteiger partial charge in [-0.2, -0.15) is 0 Å². The highest BCUT2D eigenvalue weighted by atomic mass is 32.1. The Labute approximate surface area is 139 Å². The molecule has 1 amide bonds. The highest BCUT2D eigenvalue weighted by Crippen LogP contribution is 2.33. The Morgan fingerprint density at radius 1 is 1.30 bits per heavy atom. The van der Waals surface area contributed by atoms with E-state index >= 15 is 0 Å². The Bertz CT molecular complexity index is 711. The van der Waals surface area contributed by atoms with Gasteiger partial charge in [-0.3, -0.25) is 9.69 Å². The molecule has 2 saturated heterocycles. The zero-order chi connectivity index (χ0) is 16.0. The summed E-state index contributed by atoms with van der Waals surface area (Å²) in [6.07, 6.45) is 1.46. The van der Waals surface area contributed by atoms with E-state index in [4.69, 9.17) is 4.52 Å². The van der Waals surface area contributed by atoms with Crippen LogP contribution >= 0.6 is 11.3 Å². The molecular weight excluding hydrogens is 312 g/mol. The molecule has 2 atom stereocenters. The van der Waals surface area contributed by atoms with Crippen molar-refractivity contribution in [3.05, 3.63) is 33.6 Å². The second-order valence-electron chi connectivity index (χ2n) is 6.60. The number of hydrogen-bond acceptors (Lipinski definition) is 6. The van der Waals surface area contributed by atoms with Gasteiger partial charge in [-0.1, -0.05) is 5.16 Å². The van der Waals surface area contributed by atoms with Crippen molar-refractivity contribution in [2.24, 2.45) is 11.8 Å². The molecule has 2 aromatic heterocycles. The molecule has 2 aliphatic rings. The number of thiazole rings is 1. The van der Waals surface area contributed by atoms with Gasteiger partial charge in [-0.15, -0.1) is 11.3 Å². The zero-order valence-electron chi connectivity index (χ0n) is 13.4. The zero-order valence-corrected chi connectivity index (χ0v) is 14.2. The van der Waals surface area contributed by atoms with Gasteiger partial charge in [0.2, 0.25) is 0 Å². The maximum absolute atomic E-state index is 12.5. The average Bonchev–Trinajstić information content (AvgIpc) is 3.23. The number of hydrogen-bond donors (Lipinski definition) is 0. The van der Waals surface area contributed by atoms with Gasteiger partial charge in [0.05, 0.1) is 16.4 Å². The molecular formula is C16H20N4O2S. The predicted octanol–water partition coefficient (Wildman–Crippen LogP) is 1.95. The first kappa shape index (κ1) is 14.8. The molecule has 0 aromatic carbocycles. The van der Waals surface area contributed by atoms with Crippen LogP contribution in [0, 0.1) is 25.7 Å². The molecule has 23 heavy (non-hydrogen) atoms. The first-order chi connectivity index (χ1) is 11.1.